The van der Waals surface area contributed by atoms with Gasteiger partial charge in [0.1, 0.15) is 17.3 Å². The molecule has 0 fully saturated rings. The molecule has 3 aromatic carbocycles. The topological polar surface area (TPSA) is 44.9 Å². The molecule has 0 spiro atoms. The Hall–Kier alpha value is -4.64. The van der Waals surface area contributed by atoms with Crippen LogP contribution in [0.4, 0.5) is 0 Å². The highest BCUT2D eigenvalue weighted by Crippen LogP contribution is 2.46. The Labute approximate surface area is 291 Å². The van der Waals surface area contributed by atoms with Crippen LogP contribution in [0.3, 0.4) is 0 Å². The number of fused-ring (bicyclic) bond motifs is 3. The summed E-state index contributed by atoms with van der Waals surface area (Å²) in [5.74, 6) is 4.34. The monoisotopic (exact) mass is 650 g/mol. The van der Waals surface area contributed by atoms with Crippen LogP contribution in [0.25, 0.3) is 33.3 Å². The third kappa shape index (κ3) is 5.98. The second-order valence-electron chi connectivity index (χ2n) is 15.8. The first-order chi connectivity index (χ1) is 23.3. The van der Waals surface area contributed by atoms with Gasteiger partial charge in [0.2, 0.25) is 0 Å². The van der Waals surface area contributed by atoms with Crippen molar-refractivity contribution in [2.75, 3.05) is 0 Å². The van der Waals surface area contributed by atoms with Crippen molar-refractivity contribution in [3.63, 3.8) is 0 Å². The van der Waals surface area contributed by atoms with Crippen molar-refractivity contribution in [1.82, 2.24) is 19.3 Å². The minimum absolute atomic E-state index is 0.114. The fourth-order valence-electron chi connectivity index (χ4n) is 8.28. The summed E-state index contributed by atoms with van der Waals surface area (Å²) in [6.45, 7) is 22.8. The van der Waals surface area contributed by atoms with Gasteiger partial charge < -0.3 is 4.74 Å². The molecular formula is C44H50N4O. The van der Waals surface area contributed by atoms with Gasteiger partial charge in [-0.2, -0.15) is 5.10 Å². The summed E-state index contributed by atoms with van der Waals surface area (Å²) in [6.07, 6.45) is 5.55. The summed E-state index contributed by atoms with van der Waals surface area (Å²) in [5, 5.41) is 7.67. The van der Waals surface area contributed by atoms with E-state index < -0.39 is 0 Å². The smallest absolute Gasteiger partial charge is 0.137 e. The number of hydrogen-bond donors (Lipinski definition) is 0. The fourth-order valence-corrected chi connectivity index (χ4v) is 8.28. The number of ether oxygens (including phenoxy) is 1. The quantitative estimate of drug-likeness (QED) is 0.169. The maximum absolute atomic E-state index is 6.79. The number of allylic oxidation sites excluding steroid dienone is 2. The molecule has 6 aromatic rings. The molecule has 1 aliphatic rings. The molecule has 5 nitrogen and oxygen atoms in total. The van der Waals surface area contributed by atoms with Crippen LogP contribution in [-0.4, -0.2) is 19.3 Å². The Morgan fingerprint density at radius 1 is 0.837 bits per heavy atom. The standard InChI is InChI=1S/C44H50N4O/c1-26(2)32-22-33(48-43(44(8,9)10)42(31(7)46-48)41-29(5)19-28(4)20-30(41)6)24-35(23-32)49-34-15-16-37-36-13-11-12-14-38(36)47(39(37)25-34)40-21-27(3)17-18-45-40/h11-19,21-26,28,30,41H,20H2,1-10H3/t28?,30-,41+/m0/s1. The lowest BCUT2D eigenvalue weighted by atomic mass is 9.70. The van der Waals surface area contributed by atoms with Crippen LogP contribution in [0, 0.1) is 25.7 Å². The fraction of sp³-hybridized carbons (Fsp3) is 0.364. The molecule has 252 valence electrons. The number of nitrogens with zero attached hydrogens (tertiary/aromatic N) is 4. The van der Waals surface area contributed by atoms with E-state index in [4.69, 9.17) is 14.8 Å². The van der Waals surface area contributed by atoms with Crippen LogP contribution in [0.1, 0.15) is 102 Å². The minimum atomic E-state index is -0.114. The van der Waals surface area contributed by atoms with E-state index >= 15 is 0 Å². The van der Waals surface area contributed by atoms with Crippen LogP contribution in [-0.2, 0) is 5.41 Å². The van der Waals surface area contributed by atoms with Gasteiger partial charge in [-0.05, 0) is 98.5 Å². The Morgan fingerprint density at radius 3 is 2.31 bits per heavy atom. The first kappa shape index (κ1) is 32.9. The number of aromatic nitrogens is 4. The van der Waals surface area contributed by atoms with E-state index in [0.29, 0.717) is 23.7 Å². The van der Waals surface area contributed by atoms with Crippen molar-refractivity contribution in [3.8, 4) is 23.0 Å². The van der Waals surface area contributed by atoms with Crippen LogP contribution in [0.15, 0.2) is 90.6 Å². The summed E-state index contributed by atoms with van der Waals surface area (Å²) in [7, 11) is 0. The van der Waals surface area contributed by atoms with E-state index in [0.717, 1.165) is 39.7 Å². The Bertz CT molecular complexity index is 2220. The second-order valence-corrected chi connectivity index (χ2v) is 15.8. The van der Waals surface area contributed by atoms with Gasteiger partial charge in [-0.1, -0.05) is 78.3 Å². The molecule has 0 aliphatic heterocycles. The second kappa shape index (κ2) is 12.4. The van der Waals surface area contributed by atoms with Crippen molar-refractivity contribution in [2.24, 2.45) is 11.8 Å². The zero-order valence-electron chi connectivity index (χ0n) is 30.8. The predicted octanol–water partition coefficient (Wildman–Crippen LogP) is 11.9. The number of benzene rings is 3. The van der Waals surface area contributed by atoms with Gasteiger partial charge in [-0.25, -0.2) is 9.67 Å². The molecule has 0 radical (unpaired) electrons. The van der Waals surface area contributed by atoms with E-state index in [9.17, 15) is 0 Å². The number of hydrogen-bond acceptors (Lipinski definition) is 3. The lowest BCUT2D eigenvalue weighted by Crippen LogP contribution is -2.25. The van der Waals surface area contributed by atoms with Crippen LogP contribution < -0.4 is 4.74 Å². The summed E-state index contributed by atoms with van der Waals surface area (Å²) < 4.78 is 11.2. The Balaban J connectivity index is 1.36. The van der Waals surface area contributed by atoms with E-state index in [-0.39, 0.29) is 5.41 Å². The van der Waals surface area contributed by atoms with Crippen molar-refractivity contribution in [3.05, 3.63) is 119 Å². The molecule has 3 aromatic heterocycles. The predicted molar refractivity (Wildman–Crippen MR) is 204 cm³/mol. The van der Waals surface area contributed by atoms with E-state index in [2.05, 4.69) is 151 Å². The van der Waals surface area contributed by atoms with Gasteiger partial charge in [-0.15, -0.1) is 0 Å². The lowest BCUT2D eigenvalue weighted by molar-refractivity contribution is 0.385. The lowest BCUT2D eigenvalue weighted by Gasteiger charge is -2.34. The Morgan fingerprint density at radius 2 is 1.59 bits per heavy atom. The molecule has 1 unspecified atom stereocenters. The number of pyridine rings is 1. The molecular weight excluding hydrogens is 601 g/mol. The maximum Gasteiger partial charge on any atom is 0.137 e. The van der Waals surface area contributed by atoms with Crippen molar-refractivity contribution in [1.29, 1.82) is 0 Å². The first-order valence-corrected chi connectivity index (χ1v) is 17.9. The first-order valence-electron chi connectivity index (χ1n) is 17.9. The van der Waals surface area contributed by atoms with Crippen LogP contribution >= 0.6 is 0 Å². The van der Waals surface area contributed by atoms with Crippen LogP contribution in [0.5, 0.6) is 11.5 Å². The van der Waals surface area contributed by atoms with Crippen molar-refractivity contribution in [2.45, 2.75) is 92.9 Å². The molecule has 0 saturated heterocycles. The highest BCUT2D eigenvalue weighted by Gasteiger charge is 2.36. The van der Waals surface area contributed by atoms with Gasteiger partial charge in [0.25, 0.3) is 0 Å². The number of aryl methyl sites for hydroxylation is 2. The van der Waals surface area contributed by atoms with E-state index in [1.54, 1.807) is 0 Å². The summed E-state index contributed by atoms with van der Waals surface area (Å²) in [6, 6.07) is 25.8. The summed E-state index contributed by atoms with van der Waals surface area (Å²) in [4.78, 5) is 4.76. The molecule has 7 rings (SSSR count). The third-order valence-corrected chi connectivity index (χ3v) is 10.3. The maximum atomic E-state index is 6.79. The highest BCUT2D eigenvalue weighted by atomic mass is 16.5. The molecule has 0 amide bonds. The SMILES string of the molecule is CC1=CC(C)C[C@H](C)[C@@H]1c1c(C)nn(-c2cc(Oc3ccc4c5ccccc5n(-c5cc(C)ccn5)c4c3)cc(C(C)C)c2)c1C(C)(C)C. The van der Waals surface area contributed by atoms with E-state index in [1.165, 1.54) is 45.2 Å². The van der Waals surface area contributed by atoms with Gasteiger partial charge in [-0.3, -0.25) is 4.57 Å². The molecule has 49 heavy (non-hydrogen) atoms. The normalized spacial score (nSPS) is 18.4. The number of rotatable bonds is 6. The zero-order chi connectivity index (χ0) is 34.8. The van der Waals surface area contributed by atoms with Gasteiger partial charge in [0, 0.05) is 46.0 Å². The van der Waals surface area contributed by atoms with Gasteiger partial charge in [0.15, 0.2) is 0 Å². The van der Waals surface area contributed by atoms with E-state index in [1.807, 2.05) is 12.3 Å². The molecule has 1 aliphatic carbocycles. The molecule has 3 atom stereocenters. The zero-order valence-corrected chi connectivity index (χ0v) is 30.8. The summed E-state index contributed by atoms with van der Waals surface area (Å²) in [5.41, 5.74) is 10.8. The molecule has 3 heterocycles. The minimum Gasteiger partial charge on any atom is -0.457 e. The average Bonchev–Trinajstić information content (AvgIpc) is 3.55. The van der Waals surface area contributed by atoms with Gasteiger partial charge in [0.05, 0.1) is 28.1 Å². The van der Waals surface area contributed by atoms with Gasteiger partial charge >= 0.3 is 0 Å². The molecule has 0 bridgehead atoms. The molecule has 0 saturated carbocycles. The largest absolute Gasteiger partial charge is 0.457 e. The van der Waals surface area contributed by atoms with Crippen molar-refractivity contribution < 1.29 is 4.74 Å². The van der Waals surface area contributed by atoms with Crippen molar-refractivity contribution >= 4 is 21.8 Å². The highest BCUT2D eigenvalue weighted by molar-refractivity contribution is 6.09. The Kier molecular flexibility index (Phi) is 8.29. The third-order valence-electron chi connectivity index (χ3n) is 10.3. The number of para-hydroxylation sites is 1. The molecule has 5 heteroatoms. The van der Waals surface area contributed by atoms with Crippen LogP contribution in [0.2, 0.25) is 0 Å². The molecule has 0 N–H and O–H groups in total. The average molecular weight is 651 g/mol. The summed E-state index contributed by atoms with van der Waals surface area (Å²) >= 11 is 0.